The topological polar surface area (TPSA) is 41.9 Å². The number of rotatable bonds is 6. The van der Waals surface area contributed by atoms with Crippen LogP contribution in [-0.4, -0.2) is 35.7 Å². The molecule has 0 saturated carbocycles. The molecule has 0 spiro atoms. The largest absolute Gasteiger partial charge is 0.466 e. The number of aliphatic hydroxyl groups is 1. The van der Waals surface area contributed by atoms with Gasteiger partial charge in [-0.1, -0.05) is 24.3 Å². The Morgan fingerprint density at radius 2 is 2.33 bits per heavy atom. The molecular formula is C20H27NO3. The van der Waals surface area contributed by atoms with Crippen LogP contribution in [0.2, 0.25) is 0 Å². The van der Waals surface area contributed by atoms with Gasteiger partial charge in [0.05, 0.1) is 12.6 Å². The van der Waals surface area contributed by atoms with Crippen molar-refractivity contribution in [2.24, 2.45) is 5.41 Å². The molecule has 1 fully saturated rings. The summed E-state index contributed by atoms with van der Waals surface area (Å²) in [5.74, 6) is 0.825. The van der Waals surface area contributed by atoms with Crippen LogP contribution in [0.3, 0.4) is 0 Å². The average Bonchev–Trinajstić information content (AvgIpc) is 2.64. The van der Waals surface area contributed by atoms with E-state index in [1.54, 1.807) is 18.8 Å². The van der Waals surface area contributed by atoms with Crippen LogP contribution >= 0.6 is 0 Å². The summed E-state index contributed by atoms with van der Waals surface area (Å²) in [5, 5.41) is 10.0. The first-order valence-electron chi connectivity index (χ1n) is 8.77. The Labute approximate surface area is 144 Å². The van der Waals surface area contributed by atoms with E-state index in [1.165, 1.54) is 5.57 Å². The van der Waals surface area contributed by atoms with Gasteiger partial charge in [0.25, 0.3) is 0 Å². The highest BCUT2D eigenvalue weighted by atomic mass is 16.5. The molecular weight excluding hydrogens is 302 g/mol. The second-order valence-electron chi connectivity index (χ2n) is 6.88. The summed E-state index contributed by atoms with van der Waals surface area (Å²) < 4.78 is 11.1. The molecule has 3 rings (SSSR count). The van der Waals surface area contributed by atoms with Crippen molar-refractivity contribution in [3.05, 3.63) is 61.0 Å². The highest BCUT2D eigenvalue weighted by Crippen LogP contribution is 2.38. The number of allylic oxidation sites excluding steroid dienone is 4. The SMILES string of the molecule is C=CCC1(CO)CCCN(C(C2=CC=CCC2)C2=COC=CO2)C1. The van der Waals surface area contributed by atoms with Crippen LogP contribution in [0, 0.1) is 5.41 Å². The molecule has 0 bridgehead atoms. The predicted octanol–water partition coefficient (Wildman–Crippen LogP) is 3.64. The zero-order valence-electron chi connectivity index (χ0n) is 14.2. The molecule has 2 aliphatic heterocycles. The number of hydrogen-bond donors (Lipinski definition) is 1. The second-order valence-corrected chi connectivity index (χ2v) is 6.88. The highest BCUT2D eigenvalue weighted by molar-refractivity contribution is 5.30. The van der Waals surface area contributed by atoms with Crippen LogP contribution in [0.25, 0.3) is 0 Å². The van der Waals surface area contributed by atoms with Crippen LogP contribution < -0.4 is 0 Å². The average molecular weight is 329 g/mol. The Hall–Kier alpha value is -1.78. The summed E-state index contributed by atoms with van der Waals surface area (Å²) in [4.78, 5) is 2.43. The molecule has 0 aromatic carbocycles. The molecule has 4 nitrogen and oxygen atoms in total. The van der Waals surface area contributed by atoms with Gasteiger partial charge in [-0.05, 0) is 44.2 Å². The van der Waals surface area contributed by atoms with Gasteiger partial charge in [0, 0.05) is 12.0 Å². The monoisotopic (exact) mass is 329 g/mol. The van der Waals surface area contributed by atoms with Gasteiger partial charge in [0.15, 0.2) is 5.76 Å². The van der Waals surface area contributed by atoms with Crippen LogP contribution in [0.15, 0.2) is 61.0 Å². The Balaban J connectivity index is 1.87. The van der Waals surface area contributed by atoms with Crippen LogP contribution in [0.4, 0.5) is 0 Å². The molecule has 0 radical (unpaired) electrons. The third-order valence-electron chi connectivity index (χ3n) is 5.16. The first-order chi connectivity index (χ1) is 11.8. The summed E-state index contributed by atoms with van der Waals surface area (Å²) in [6, 6.07) is 0.0657. The molecule has 2 unspecified atom stereocenters. The first-order valence-corrected chi connectivity index (χ1v) is 8.77. The fourth-order valence-corrected chi connectivity index (χ4v) is 3.98. The summed E-state index contributed by atoms with van der Waals surface area (Å²) in [7, 11) is 0. The quantitative estimate of drug-likeness (QED) is 0.756. The van der Waals surface area contributed by atoms with Crippen LogP contribution in [-0.2, 0) is 9.47 Å². The van der Waals surface area contributed by atoms with Gasteiger partial charge < -0.3 is 14.6 Å². The lowest BCUT2D eigenvalue weighted by Gasteiger charge is -2.45. The van der Waals surface area contributed by atoms with E-state index in [9.17, 15) is 5.11 Å². The van der Waals surface area contributed by atoms with Gasteiger partial charge >= 0.3 is 0 Å². The van der Waals surface area contributed by atoms with Crippen LogP contribution in [0.1, 0.15) is 32.1 Å². The summed E-state index contributed by atoms with van der Waals surface area (Å²) in [6.07, 6.45) is 18.3. The van der Waals surface area contributed by atoms with Gasteiger partial charge in [-0.15, -0.1) is 6.58 Å². The van der Waals surface area contributed by atoms with Gasteiger partial charge in [-0.25, -0.2) is 0 Å². The van der Waals surface area contributed by atoms with Gasteiger partial charge in [0.1, 0.15) is 18.8 Å². The zero-order valence-corrected chi connectivity index (χ0v) is 14.2. The molecule has 24 heavy (non-hydrogen) atoms. The fourth-order valence-electron chi connectivity index (χ4n) is 3.98. The van der Waals surface area contributed by atoms with Crippen molar-refractivity contribution in [2.45, 2.75) is 38.1 Å². The first kappa shape index (κ1) is 17.1. The lowest BCUT2D eigenvalue weighted by atomic mass is 9.76. The van der Waals surface area contributed by atoms with Crippen molar-refractivity contribution in [1.29, 1.82) is 0 Å². The van der Waals surface area contributed by atoms with E-state index in [-0.39, 0.29) is 18.1 Å². The van der Waals surface area contributed by atoms with E-state index < -0.39 is 0 Å². The minimum absolute atomic E-state index is 0.0657. The van der Waals surface area contributed by atoms with Crippen molar-refractivity contribution >= 4 is 0 Å². The van der Waals surface area contributed by atoms with E-state index in [4.69, 9.17) is 9.47 Å². The molecule has 0 aromatic heterocycles. The lowest BCUT2D eigenvalue weighted by Crippen LogP contribution is -2.51. The molecule has 4 heteroatoms. The number of aliphatic hydroxyl groups excluding tert-OH is 1. The smallest absolute Gasteiger partial charge is 0.160 e. The number of likely N-dealkylation sites (tertiary alicyclic amines) is 1. The maximum Gasteiger partial charge on any atom is 0.160 e. The molecule has 130 valence electrons. The minimum Gasteiger partial charge on any atom is -0.466 e. The molecule has 2 heterocycles. The molecule has 0 aromatic rings. The third-order valence-corrected chi connectivity index (χ3v) is 5.16. The number of nitrogens with zero attached hydrogens (tertiary/aromatic N) is 1. The number of ether oxygens (including phenoxy) is 2. The number of piperidine rings is 1. The van der Waals surface area contributed by atoms with E-state index >= 15 is 0 Å². The zero-order chi connectivity index (χ0) is 16.8. The molecule has 1 aliphatic carbocycles. The molecule has 1 saturated heterocycles. The van der Waals surface area contributed by atoms with Crippen molar-refractivity contribution in [1.82, 2.24) is 4.90 Å². The van der Waals surface area contributed by atoms with Gasteiger partial charge in [-0.3, -0.25) is 4.90 Å². The Morgan fingerprint density at radius 1 is 1.42 bits per heavy atom. The highest BCUT2D eigenvalue weighted by Gasteiger charge is 2.39. The van der Waals surface area contributed by atoms with Crippen molar-refractivity contribution in [3.8, 4) is 0 Å². The maximum absolute atomic E-state index is 10.0. The van der Waals surface area contributed by atoms with E-state index in [0.717, 1.165) is 51.0 Å². The molecule has 2 atom stereocenters. The van der Waals surface area contributed by atoms with E-state index in [1.807, 2.05) is 6.08 Å². The van der Waals surface area contributed by atoms with Crippen molar-refractivity contribution in [2.75, 3.05) is 19.7 Å². The van der Waals surface area contributed by atoms with Crippen molar-refractivity contribution in [3.63, 3.8) is 0 Å². The molecule has 3 aliphatic rings. The number of hydrogen-bond acceptors (Lipinski definition) is 4. The van der Waals surface area contributed by atoms with E-state index in [0.29, 0.717) is 0 Å². The second kappa shape index (κ2) is 7.86. The third kappa shape index (κ3) is 3.65. The minimum atomic E-state index is -0.102. The van der Waals surface area contributed by atoms with Gasteiger partial charge in [0.2, 0.25) is 0 Å². The normalized spacial score (nSPS) is 28.4. The maximum atomic E-state index is 10.0. The van der Waals surface area contributed by atoms with E-state index in [2.05, 4.69) is 29.7 Å². The summed E-state index contributed by atoms with van der Waals surface area (Å²) >= 11 is 0. The predicted molar refractivity (Wildman–Crippen MR) is 94.8 cm³/mol. The molecule has 1 N–H and O–H groups in total. The standard InChI is InChI=1S/C20H27NO3/c1-2-9-20(16-22)10-6-11-21(15-20)19(17-7-4-3-5-8-17)18-14-23-12-13-24-18/h2-4,7,12-14,19,22H,1,5-6,8-11,15-16H2. The fraction of sp³-hybridized carbons (Fsp3) is 0.500. The van der Waals surface area contributed by atoms with Crippen LogP contribution in [0.5, 0.6) is 0 Å². The Kier molecular flexibility index (Phi) is 5.59. The Bertz CT molecular complexity index is 575. The Morgan fingerprint density at radius 3 is 3.00 bits per heavy atom. The summed E-state index contributed by atoms with van der Waals surface area (Å²) in [6.45, 7) is 5.91. The van der Waals surface area contributed by atoms with Crippen molar-refractivity contribution < 1.29 is 14.6 Å². The van der Waals surface area contributed by atoms with Gasteiger partial charge in [-0.2, -0.15) is 0 Å². The summed E-state index contributed by atoms with van der Waals surface area (Å²) in [5.41, 5.74) is 1.24. The molecule has 0 amide bonds. The lowest BCUT2D eigenvalue weighted by molar-refractivity contribution is 0.0170.